The minimum Gasteiger partial charge on any atom is -0.478 e. The molecule has 0 aromatic carbocycles. The summed E-state index contributed by atoms with van der Waals surface area (Å²) in [5.41, 5.74) is 0.249. The number of carboxylic acid groups (broad SMARTS) is 1. The van der Waals surface area contributed by atoms with Crippen LogP contribution in [0.15, 0.2) is 18.3 Å². The molecule has 0 radical (unpaired) electrons. The van der Waals surface area contributed by atoms with Gasteiger partial charge in [-0.2, -0.15) is 0 Å². The summed E-state index contributed by atoms with van der Waals surface area (Å²) in [4.78, 5) is 17.4. The molecule has 120 valence electrons. The molecule has 1 aromatic rings. The Morgan fingerprint density at radius 1 is 1.41 bits per heavy atom. The van der Waals surface area contributed by atoms with Crippen molar-refractivity contribution < 1.29 is 9.90 Å². The number of pyridine rings is 1. The number of nitrogens with zero attached hydrogens (tertiary/aromatic N) is 2. The largest absolute Gasteiger partial charge is 0.478 e. The van der Waals surface area contributed by atoms with E-state index in [1.54, 1.807) is 6.07 Å². The van der Waals surface area contributed by atoms with Gasteiger partial charge in [0, 0.05) is 25.3 Å². The van der Waals surface area contributed by atoms with Gasteiger partial charge in [0.15, 0.2) is 0 Å². The minimum atomic E-state index is -0.921. The predicted molar refractivity (Wildman–Crippen MR) is 86.3 cm³/mol. The van der Waals surface area contributed by atoms with Crippen molar-refractivity contribution in [3.05, 3.63) is 23.9 Å². The van der Waals surface area contributed by atoms with E-state index in [2.05, 4.69) is 22.1 Å². The van der Waals surface area contributed by atoms with E-state index in [4.69, 9.17) is 5.11 Å². The van der Waals surface area contributed by atoms with Crippen molar-refractivity contribution in [3.8, 4) is 0 Å². The maximum absolute atomic E-state index is 10.8. The van der Waals surface area contributed by atoms with Crippen LogP contribution < -0.4 is 10.2 Å². The molecule has 1 saturated heterocycles. The number of hydrogen-bond donors (Lipinski definition) is 2. The summed E-state index contributed by atoms with van der Waals surface area (Å²) in [6.07, 6.45) is 6.46. The summed E-state index contributed by atoms with van der Waals surface area (Å²) in [6.45, 7) is 5.48. The molecule has 22 heavy (non-hydrogen) atoms. The first kappa shape index (κ1) is 15.3. The monoisotopic (exact) mass is 303 g/mol. The maximum atomic E-state index is 10.8. The van der Waals surface area contributed by atoms with Gasteiger partial charge in [-0.3, -0.25) is 0 Å². The van der Waals surface area contributed by atoms with Gasteiger partial charge in [-0.1, -0.05) is 6.92 Å². The van der Waals surface area contributed by atoms with E-state index < -0.39 is 5.97 Å². The molecular weight excluding hydrogens is 278 g/mol. The average Bonchev–Trinajstić information content (AvgIpc) is 3.23. The summed E-state index contributed by atoms with van der Waals surface area (Å²) in [6, 6.07) is 4.23. The van der Waals surface area contributed by atoms with Crippen LogP contribution in [0.25, 0.3) is 0 Å². The molecule has 3 rings (SSSR count). The van der Waals surface area contributed by atoms with Crippen LogP contribution in [0.1, 0.15) is 43.0 Å². The number of anilines is 1. The number of piperidine rings is 1. The van der Waals surface area contributed by atoms with Crippen LogP contribution in [-0.2, 0) is 0 Å². The van der Waals surface area contributed by atoms with E-state index in [0.717, 1.165) is 43.3 Å². The number of carbonyl (C=O) groups is 1. The zero-order chi connectivity index (χ0) is 15.5. The highest BCUT2D eigenvalue weighted by Crippen LogP contribution is 2.29. The molecule has 2 atom stereocenters. The molecule has 0 spiro atoms. The summed E-state index contributed by atoms with van der Waals surface area (Å²) < 4.78 is 0. The number of nitrogens with one attached hydrogen (secondary N) is 1. The molecule has 1 saturated carbocycles. The van der Waals surface area contributed by atoms with Crippen LogP contribution in [0, 0.1) is 11.8 Å². The Kier molecular flexibility index (Phi) is 4.62. The highest BCUT2D eigenvalue weighted by atomic mass is 16.4. The van der Waals surface area contributed by atoms with Crippen molar-refractivity contribution >= 4 is 11.8 Å². The van der Waals surface area contributed by atoms with E-state index in [9.17, 15) is 4.79 Å². The number of hydrogen-bond acceptors (Lipinski definition) is 4. The summed E-state index contributed by atoms with van der Waals surface area (Å²) in [5.74, 6) is 1.65. The second-order valence-corrected chi connectivity index (χ2v) is 6.70. The Morgan fingerprint density at radius 3 is 2.68 bits per heavy atom. The zero-order valence-corrected chi connectivity index (χ0v) is 13.2. The van der Waals surface area contributed by atoms with Gasteiger partial charge in [0.1, 0.15) is 5.82 Å². The smallest absolute Gasteiger partial charge is 0.337 e. The normalized spacial score (nSPS) is 25.2. The topological polar surface area (TPSA) is 65.5 Å². The fraction of sp³-hybridized carbons (Fsp3) is 0.647. The molecule has 0 bridgehead atoms. The van der Waals surface area contributed by atoms with Crippen LogP contribution >= 0.6 is 0 Å². The van der Waals surface area contributed by atoms with Gasteiger partial charge in [-0.25, -0.2) is 9.78 Å². The van der Waals surface area contributed by atoms with E-state index in [-0.39, 0.29) is 5.56 Å². The summed E-state index contributed by atoms with van der Waals surface area (Å²) >= 11 is 0. The third-order valence-electron chi connectivity index (χ3n) is 5.00. The van der Waals surface area contributed by atoms with Gasteiger partial charge in [0.25, 0.3) is 0 Å². The van der Waals surface area contributed by atoms with Crippen LogP contribution in [0.2, 0.25) is 0 Å². The van der Waals surface area contributed by atoms with Gasteiger partial charge < -0.3 is 15.3 Å². The van der Waals surface area contributed by atoms with Crippen molar-refractivity contribution in [2.45, 2.75) is 38.6 Å². The van der Waals surface area contributed by atoms with Gasteiger partial charge >= 0.3 is 5.97 Å². The summed E-state index contributed by atoms with van der Waals surface area (Å²) in [7, 11) is 0. The van der Waals surface area contributed by atoms with E-state index in [1.807, 2.05) is 6.07 Å². The number of rotatable bonds is 6. The lowest BCUT2D eigenvalue weighted by Crippen LogP contribution is -2.35. The van der Waals surface area contributed by atoms with Gasteiger partial charge in [-0.05, 0) is 56.2 Å². The number of carboxylic acids is 1. The highest BCUT2D eigenvalue weighted by Gasteiger charge is 2.31. The molecule has 5 nitrogen and oxygen atoms in total. The molecule has 2 heterocycles. The van der Waals surface area contributed by atoms with Crippen LogP contribution in [-0.4, -0.2) is 41.7 Å². The Labute approximate surface area is 131 Å². The second-order valence-electron chi connectivity index (χ2n) is 6.70. The third kappa shape index (κ3) is 3.77. The molecule has 1 aliphatic carbocycles. The molecule has 1 aromatic heterocycles. The lowest BCUT2D eigenvalue weighted by Gasteiger charge is -2.33. The maximum Gasteiger partial charge on any atom is 0.337 e. The third-order valence-corrected chi connectivity index (χ3v) is 5.00. The van der Waals surface area contributed by atoms with Crippen LogP contribution in [0.3, 0.4) is 0 Å². The first-order chi connectivity index (χ1) is 10.6. The molecule has 0 amide bonds. The molecule has 0 unspecified atom stereocenters. The molecular formula is C17H25N3O2. The van der Waals surface area contributed by atoms with Crippen molar-refractivity contribution in [1.82, 2.24) is 10.3 Å². The fourth-order valence-electron chi connectivity index (χ4n) is 3.23. The first-order valence-electron chi connectivity index (χ1n) is 8.31. The minimum absolute atomic E-state index is 0.249. The molecule has 2 aliphatic rings. The first-order valence-corrected chi connectivity index (χ1v) is 8.31. The predicted octanol–water partition coefficient (Wildman–Crippen LogP) is 2.38. The Hall–Kier alpha value is -1.62. The second kappa shape index (κ2) is 6.65. The quantitative estimate of drug-likeness (QED) is 0.844. The highest BCUT2D eigenvalue weighted by molar-refractivity contribution is 5.87. The average molecular weight is 303 g/mol. The SMILES string of the molecule is C[C@@H]1C[C@H]1NCCC1CCN(c2ccc(C(=O)O)cn2)CC1. The van der Waals surface area contributed by atoms with E-state index in [0.29, 0.717) is 0 Å². The van der Waals surface area contributed by atoms with Crippen molar-refractivity contribution in [3.63, 3.8) is 0 Å². The Morgan fingerprint density at radius 2 is 2.14 bits per heavy atom. The fourth-order valence-corrected chi connectivity index (χ4v) is 3.23. The molecule has 2 fully saturated rings. The lowest BCUT2D eigenvalue weighted by molar-refractivity contribution is 0.0696. The van der Waals surface area contributed by atoms with Crippen molar-refractivity contribution in [1.29, 1.82) is 0 Å². The standard InChI is InChI=1S/C17H25N3O2/c1-12-10-15(12)18-7-4-13-5-8-20(9-6-13)16-3-2-14(11-19-16)17(21)22/h2-3,11-13,15,18H,4-10H2,1H3,(H,21,22)/t12-,15-/m1/s1. The molecule has 5 heteroatoms. The Bertz CT molecular complexity index is 509. The van der Waals surface area contributed by atoms with Gasteiger partial charge in [-0.15, -0.1) is 0 Å². The van der Waals surface area contributed by atoms with Gasteiger partial charge in [0.2, 0.25) is 0 Å². The summed E-state index contributed by atoms with van der Waals surface area (Å²) in [5, 5.41) is 12.5. The van der Waals surface area contributed by atoms with Crippen LogP contribution in [0.5, 0.6) is 0 Å². The van der Waals surface area contributed by atoms with Crippen molar-refractivity contribution in [2.24, 2.45) is 11.8 Å². The van der Waals surface area contributed by atoms with Gasteiger partial charge in [0.05, 0.1) is 5.56 Å². The van der Waals surface area contributed by atoms with E-state index >= 15 is 0 Å². The van der Waals surface area contributed by atoms with E-state index in [1.165, 1.54) is 31.9 Å². The van der Waals surface area contributed by atoms with Crippen molar-refractivity contribution in [2.75, 3.05) is 24.5 Å². The Balaban J connectivity index is 1.41. The molecule has 2 N–H and O–H groups in total. The number of aromatic carboxylic acids is 1. The van der Waals surface area contributed by atoms with Crippen LogP contribution in [0.4, 0.5) is 5.82 Å². The zero-order valence-electron chi connectivity index (χ0n) is 13.2. The number of aromatic nitrogens is 1. The molecule has 1 aliphatic heterocycles. The lowest BCUT2D eigenvalue weighted by atomic mass is 9.93.